The molecule has 2 aromatic rings. The molecular formula is C13H18N4O. The summed E-state index contributed by atoms with van der Waals surface area (Å²) in [5.74, 6) is 0.814. The Labute approximate surface area is 106 Å². The van der Waals surface area contributed by atoms with E-state index in [1.807, 2.05) is 18.3 Å². The molecule has 0 saturated heterocycles. The van der Waals surface area contributed by atoms with Crippen molar-refractivity contribution in [2.45, 2.75) is 44.2 Å². The Balaban J connectivity index is 1.77. The van der Waals surface area contributed by atoms with E-state index in [0.29, 0.717) is 0 Å². The second kappa shape index (κ2) is 4.94. The first-order chi connectivity index (χ1) is 8.83. The van der Waals surface area contributed by atoms with E-state index in [0.717, 1.165) is 30.7 Å². The monoisotopic (exact) mass is 246 g/mol. The summed E-state index contributed by atoms with van der Waals surface area (Å²) in [6.07, 6.45) is 8.73. The van der Waals surface area contributed by atoms with Crippen molar-refractivity contribution in [2.24, 2.45) is 0 Å². The van der Waals surface area contributed by atoms with Crippen molar-refractivity contribution in [3.8, 4) is 0 Å². The van der Waals surface area contributed by atoms with Crippen LogP contribution in [0.4, 0.5) is 5.82 Å². The second-order valence-electron chi connectivity index (χ2n) is 4.90. The molecule has 2 unspecified atom stereocenters. The van der Waals surface area contributed by atoms with Gasteiger partial charge in [-0.05, 0) is 18.9 Å². The highest BCUT2D eigenvalue weighted by Crippen LogP contribution is 2.21. The minimum atomic E-state index is -0.268. The van der Waals surface area contributed by atoms with Crippen LogP contribution < -0.4 is 5.32 Å². The largest absolute Gasteiger partial charge is 0.391 e. The van der Waals surface area contributed by atoms with E-state index in [2.05, 4.69) is 15.4 Å². The number of aliphatic hydroxyl groups is 1. The number of rotatable bonds is 2. The zero-order chi connectivity index (χ0) is 12.4. The van der Waals surface area contributed by atoms with E-state index in [1.165, 1.54) is 12.8 Å². The summed E-state index contributed by atoms with van der Waals surface area (Å²) in [5, 5.41) is 17.5. The van der Waals surface area contributed by atoms with Crippen LogP contribution in [0.3, 0.4) is 0 Å². The minimum absolute atomic E-state index is 0.116. The SMILES string of the molecule is OC1CCCCCC1Nc1ccn2nccc2n1. The van der Waals surface area contributed by atoms with Crippen LogP contribution in [-0.2, 0) is 0 Å². The third-order valence-corrected chi connectivity index (χ3v) is 3.57. The van der Waals surface area contributed by atoms with Gasteiger partial charge in [0.25, 0.3) is 0 Å². The number of fused-ring (bicyclic) bond motifs is 1. The van der Waals surface area contributed by atoms with Crippen molar-refractivity contribution in [1.29, 1.82) is 0 Å². The summed E-state index contributed by atoms with van der Waals surface area (Å²) in [6.45, 7) is 0. The van der Waals surface area contributed by atoms with Crippen molar-refractivity contribution in [1.82, 2.24) is 14.6 Å². The van der Waals surface area contributed by atoms with Gasteiger partial charge in [-0.2, -0.15) is 5.10 Å². The highest BCUT2D eigenvalue weighted by atomic mass is 16.3. The number of aromatic nitrogens is 3. The maximum Gasteiger partial charge on any atom is 0.157 e. The zero-order valence-electron chi connectivity index (χ0n) is 10.3. The number of hydrogen-bond acceptors (Lipinski definition) is 4. The van der Waals surface area contributed by atoms with Crippen molar-refractivity contribution in [3.05, 3.63) is 24.5 Å². The quantitative estimate of drug-likeness (QED) is 0.794. The second-order valence-corrected chi connectivity index (χ2v) is 4.90. The Bertz CT molecular complexity index is 524. The molecule has 1 aliphatic rings. The van der Waals surface area contributed by atoms with Gasteiger partial charge in [0.1, 0.15) is 5.82 Å². The van der Waals surface area contributed by atoms with Gasteiger partial charge in [-0.1, -0.05) is 19.3 Å². The maximum atomic E-state index is 10.1. The fourth-order valence-corrected chi connectivity index (χ4v) is 2.54. The molecule has 2 heterocycles. The lowest BCUT2D eigenvalue weighted by molar-refractivity contribution is 0.144. The van der Waals surface area contributed by atoms with Gasteiger partial charge < -0.3 is 10.4 Å². The predicted octanol–water partition coefficient (Wildman–Crippen LogP) is 1.83. The molecule has 0 bridgehead atoms. The molecule has 0 aliphatic heterocycles. The van der Waals surface area contributed by atoms with Crippen molar-refractivity contribution < 1.29 is 5.11 Å². The highest BCUT2D eigenvalue weighted by Gasteiger charge is 2.21. The Morgan fingerprint density at radius 1 is 1.22 bits per heavy atom. The van der Waals surface area contributed by atoms with Crippen LogP contribution in [-0.4, -0.2) is 31.9 Å². The standard InChI is InChI=1S/C13H18N4O/c18-11-5-3-1-2-4-10(11)15-12-7-9-17-13(16-12)6-8-14-17/h6-11,18H,1-5H2,(H,15,16). The molecule has 1 aliphatic carbocycles. The molecule has 5 nitrogen and oxygen atoms in total. The van der Waals surface area contributed by atoms with Gasteiger partial charge in [-0.3, -0.25) is 0 Å². The summed E-state index contributed by atoms with van der Waals surface area (Å²) in [4.78, 5) is 4.47. The Kier molecular flexibility index (Phi) is 3.15. The Morgan fingerprint density at radius 2 is 2.11 bits per heavy atom. The molecule has 2 aromatic heterocycles. The summed E-state index contributed by atoms with van der Waals surface area (Å²) in [7, 11) is 0. The first-order valence-electron chi connectivity index (χ1n) is 6.58. The first-order valence-corrected chi connectivity index (χ1v) is 6.58. The van der Waals surface area contributed by atoms with Crippen LogP contribution in [0.1, 0.15) is 32.1 Å². The molecule has 1 fully saturated rings. The fraction of sp³-hybridized carbons (Fsp3) is 0.538. The zero-order valence-corrected chi connectivity index (χ0v) is 10.3. The third-order valence-electron chi connectivity index (χ3n) is 3.57. The summed E-state index contributed by atoms with van der Waals surface area (Å²) in [6, 6.07) is 3.89. The molecule has 3 rings (SSSR count). The number of hydrogen-bond donors (Lipinski definition) is 2. The molecule has 2 N–H and O–H groups in total. The average molecular weight is 246 g/mol. The molecule has 0 amide bonds. The molecule has 2 atom stereocenters. The van der Waals surface area contributed by atoms with Crippen molar-refractivity contribution >= 4 is 11.5 Å². The lowest BCUT2D eigenvalue weighted by atomic mass is 10.1. The summed E-state index contributed by atoms with van der Waals surface area (Å²) >= 11 is 0. The molecule has 18 heavy (non-hydrogen) atoms. The van der Waals surface area contributed by atoms with Crippen LogP contribution in [0, 0.1) is 0 Å². The number of nitrogens with zero attached hydrogens (tertiary/aromatic N) is 3. The third kappa shape index (κ3) is 2.31. The smallest absolute Gasteiger partial charge is 0.157 e. The van der Waals surface area contributed by atoms with Gasteiger partial charge in [0, 0.05) is 12.3 Å². The number of aliphatic hydroxyl groups excluding tert-OH is 1. The molecule has 5 heteroatoms. The highest BCUT2D eigenvalue weighted by molar-refractivity contribution is 5.46. The van der Waals surface area contributed by atoms with E-state index in [9.17, 15) is 5.11 Å². The minimum Gasteiger partial charge on any atom is -0.391 e. The van der Waals surface area contributed by atoms with Crippen molar-refractivity contribution in [2.75, 3.05) is 5.32 Å². The van der Waals surface area contributed by atoms with E-state index in [4.69, 9.17) is 0 Å². The van der Waals surface area contributed by atoms with Crippen molar-refractivity contribution in [3.63, 3.8) is 0 Å². The Morgan fingerprint density at radius 3 is 3.06 bits per heavy atom. The van der Waals surface area contributed by atoms with Crippen LogP contribution >= 0.6 is 0 Å². The molecule has 0 radical (unpaired) electrons. The molecular weight excluding hydrogens is 228 g/mol. The van der Waals surface area contributed by atoms with Gasteiger partial charge in [0.05, 0.1) is 18.3 Å². The first kappa shape index (κ1) is 11.5. The predicted molar refractivity (Wildman–Crippen MR) is 69.5 cm³/mol. The molecule has 0 spiro atoms. The normalized spacial score (nSPS) is 24.9. The van der Waals surface area contributed by atoms with Gasteiger partial charge in [-0.15, -0.1) is 0 Å². The van der Waals surface area contributed by atoms with Crippen LogP contribution in [0.25, 0.3) is 5.65 Å². The van der Waals surface area contributed by atoms with Gasteiger partial charge in [0.2, 0.25) is 0 Å². The van der Waals surface area contributed by atoms with E-state index >= 15 is 0 Å². The van der Waals surface area contributed by atoms with Crippen LogP contribution in [0.15, 0.2) is 24.5 Å². The average Bonchev–Trinajstić information content (AvgIpc) is 2.75. The molecule has 1 saturated carbocycles. The lowest BCUT2D eigenvalue weighted by Crippen LogP contribution is -2.32. The Hall–Kier alpha value is -1.62. The maximum absolute atomic E-state index is 10.1. The van der Waals surface area contributed by atoms with E-state index in [-0.39, 0.29) is 12.1 Å². The molecule has 96 valence electrons. The molecule has 0 aromatic carbocycles. The van der Waals surface area contributed by atoms with E-state index in [1.54, 1.807) is 10.7 Å². The van der Waals surface area contributed by atoms with E-state index < -0.39 is 0 Å². The van der Waals surface area contributed by atoms with Crippen LogP contribution in [0.2, 0.25) is 0 Å². The number of nitrogens with one attached hydrogen (secondary N) is 1. The lowest BCUT2D eigenvalue weighted by Gasteiger charge is -2.22. The fourth-order valence-electron chi connectivity index (χ4n) is 2.54. The number of anilines is 1. The topological polar surface area (TPSA) is 62.5 Å². The summed E-state index contributed by atoms with van der Waals surface area (Å²) < 4.78 is 1.73. The van der Waals surface area contributed by atoms with Gasteiger partial charge in [-0.25, -0.2) is 9.50 Å². The van der Waals surface area contributed by atoms with Gasteiger partial charge in [0.15, 0.2) is 5.65 Å². The van der Waals surface area contributed by atoms with Crippen LogP contribution in [0.5, 0.6) is 0 Å². The summed E-state index contributed by atoms with van der Waals surface area (Å²) in [5.41, 5.74) is 0.822. The van der Waals surface area contributed by atoms with Gasteiger partial charge >= 0.3 is 0 Å².